The second-order valence-electron chi connectivity index (χ2n) is 9.38. The van der Waals surface area contributed by atoms with Crippen LogP contribution in [-0.4, -0.2) is 36.2 Å². The first-order chi connectivity index (χ1) is 14.8. The highest BCUT2D eigenvalue weighted by molar-refractivity contribution is 5.68. The van der Waals surface area contributed by atoms with Gasteiger partial charge in [0.25, 0.3) is 0 Å². The van der Waals surface area contributed by atoms with Crippen LogP contribution in [0, 0.1) is 5.92 Å². The molecular weight excluding hydrogens is 388 g/mol. The maximum absolute atomic E-state index is 12.2. The molecule has 5 heteroatoms. The van der Waals surface area contributed by atoms with Gasteiger partial charge in [-0.25, -0.2) is 4.79 Å². The van der Waals surface area contributed by atoms with Gasteiger partial charge in [-0.05, 0) is 76.3 Å². The summed E-state index contributed by atoms with van der Waals surface area (Å²) >= 11 is 0. The number of ether oxygens (including phenoxy) is 2. The Morgan fingerprint density at radius 2 is 1.71 bits per heavy atom. The molecule has 1 saturated heterocycles. The van der Waals surface area contributed by atoms with Crippen molar-refractivity contribution in [2.24, 2.45) is 5.92 Å². The van der Waals surface area contributed by atoms with Crippen molar-refractivity contribution in [2.75, 3.05) is 19.6 Å². The van der Waals surface area contributed by atoms with E-state index < -0.39 is 5.60 Å². The van der Waals surface area contributed by atoms with Crippen molar-refractivity contribution in [1.29, 1.82) is 0 Å². The van der Waals surface area contributed by atoms with E-state index in [1.807, 2.05) is 56.0 Å². The Labute approximate surface area is 186 Å². The summed E-state index contributed by atoms with van der Waals surface area (Å²) < 4.78 is 11.4. The van der Waals surface area contributed by atoms with Crippen molar-refractivity contribution < 1.29 is 14.3 Å². The fourth-order valence-electron chi connectivity index (χ4n) is 3.70. The molecule has 0 aromatic heterocycles. The Hall–Kier alpha value is -2.53. The first-order valence-corrected chi connectivity index (χ1v) is 11.3. The average Bonchev–Trinajstić information content (AvgIpc) is 2.76. The first kappa shape index (κ1) is 23.1. The van der Waals surface area contributed by atoms with Crippen molar-refractivity contribution in [3.63, 3.8) is 0 Å². The molecule has 31 heavy (non-hydrogen) atoms. The van der Waals surface area contributed by atoms with Crippen molar-refractivity contribution >= 4 is 6.09 Å². The third-order valence-electron chi connectivity index (χ3n) is 5.61. The van der Waals surface area contributed by atoms with E-state index in [1.165, 1.54) is 11.1 Å². The Bertz CT molecular complexity index is 807. The third kappa shape index (κ3) is 7.59. The molecule has 0 aliphatic carbocycles. The predicted octanol–water partition coefficient (Wildman–Crippen LogP) is 5.56. The summed E-state index contributed by atoms with van der Waals surface area (Å²) in [6, 6.07) is 18.8. The second-order valence-corrected chi connectivity index (χ2v) is 9.38. The van der Waals surface area contributed by atoms with E-state index >= 15 is 0 Å². The molecule has 0 radical (unpaired) electrons. The van der Waals surface area contributed by atoms with E-state index in [4.69, 9.17) is 9.47 Å². The largest absolute Gasteiger partial charge is 0.489 e. The molecule has 1 amide bonds. The Morgan fingerprint density at radius 3 is 2.32 bits per heavy atom. The minimum absolute atomic E-state index is 0.193. The number of piperidine rings is 1. The van der Waals surface area contributed by atoms with Crippen LogP contribution in [-0.2, 0) is 11.3 Å². The molecule has 1 atom stereocenters. The number of hydrogen-bond acceptors (Lipinski definition) is 4. The first-order valence-electron chi connectivity index (χ1n) is 11.3. The predicted molar refractivity (Wildman–Crippen MR) is 124 cm³/mol. The van der Waals surface area contributed by atoms with Gasteiger partial charge < -0.3 is 19.7 Å². The monoisotopic (exact) mass is 424 g/mol. The van der Waals surface area contributed by atoms with Gasteiger partial charge in [-0.3, -0.25) is 0 Å². The van der Waals surface area contributed by atoms with Crippen LogP contribution < -0.4 is 10.1 Å². The molecule has 2 aromatic rings. The summed E-state index contributed by atoms with van der Waals surface area (Å²) in [7, 11) is 0. The van der Waals surface area contributed by atoms with Crippen molar-refractivity contribution in [3.8, 4) is 5.75 Å². The van der Waals surface area contributed by atoms with E-state index in [-0.39, 0.29) is 12.1 Å². The molecular formula is C26H36N2O3. The lowest BCUT2D eigenvalue weighted by atomic mass is 9.96. The normalized spacial score (nSPS) is 16.1. The number of carbonyl (C=O) groups excluding carboxylic acids is 1. The van der Waals surface area contributed by atoms with Crippen LogP contribution in [0.5, 0.6) is 5.75 Å². The number of nitrogens with one attached hydrogen (secondary N) is 1. The number of carbonyl (C=O) groups is 1. The number of benzene rings is 2. The molecule has 0 saturated carbocycles. The molecule has 1 N–H and O–H groups in total. The van der Waals surface area contributed by atoms with E-state index in [1.54, 1.807) is 0 Å². The molecule has 0 bridgehead atoms. The van der Waals surface area contributed by atoms with E-state index in [0.29, 0.717) is 12.5 Å². The minimum Gasteiger partial charge on any atom is -0.489 e. The molecule has 3 rings (SSSR count). The highest BCUT2D eigenvalue weighted by Gasteiger charge is 2.26. The lowest BCUT2D eigenvalue weighted by Gasteiger charge is -2.34. The number of rotatable bonds is 7. The van der Waals surface area contributed by atoms with Gasteiger partial charge in [0.1, 0.15) is 18.0 Å². The lowest BCUT2D eigenvalue weighted by molar-refractivity contribution is 0.0183. The van der Waals surface area contributed by atoms with Crippen LogP contribution in [0.25, 0.3) is 0 Å². The van der Waals surface area contributed by atoms with Crippen LogP contribution >= 0.6 is 0 Å². The number of nitrogens with zero attached hydrogens (tertiary/aromatic N) is 1. The van der Waals surface area contributed by atoms with Gasteiger partial charge in [0.2, 0.25) is 0 Å². The molecule has 1 aliphatic heterocycles. The van der Waals surface area contributed by atoms with Crippen molar-refractivity contribution in [1.82, 2.24) is 10.2 Å². The fourth-order valence-corrected chi connectivity index (χ4v) is 3.70. The molecule has 5 nitrogen and oxygen atoms in total. The van der Waals surface area contributed by atoms with Crippen LogP contribution in [0.15, 0.2) is 54.6 Å². The van der Waals surface area contributed by atoms with Gasteiger partial charge in [-0.1, -0.05) is 42.5 Å². The topological polar surface area (TPSA) is 50.8 Å². The van der Waals surface area contributed by atoms with Crippen LogP contribution in [0.1, 0.15) is 57.7 Å². The molecule has 1 aliphatic rings. The average molecular weight is 425 g/mol. The zero-order valence-corrected chi connectivity index (χ0v) is 19.3. The molecule has 168 valence electrons. The highest BCUT2D eigenvalue weighted by Crippen LogP contribution is 2.22. The van der Waals surface area contributed by atoms with Crippen LogP contribution in [0.4, 0.5) is 4.79 Å². The zero-order valence-electron chi connectivity index (χ0n) is 19.3. The van der Waals surface area contributed by atoms with E-state index in [9.17, 15) is 4.79 Å². The minimum atomic E-state index is -0.437. The maximum atomic E-state index is 12.2. The summed E-state index contributed by atoms with van der Waals surface area (Å²) in [5.74, 6) is 1.46. The SMILES string of the molecule is CC(NCC1CCN(C(=O)OC(C)(C)C)CC1)c1ccc(OCc2ccccc2)cc1. The van der Waals surface area contributed by atoms with Gasteiger partial charge in [0.05, 0.1) is 0 Å². The summed E-state index contributed by atoms with van der Waals surface area (Å²) in [5, 5.41) is 3.65. The zero-order chi connectivity index (χ0) is 22.3. The summed E-state index contributed by atoms with van der Waals surface area (Å²) in [6.07, 6.45) is 1.82. The molecule has 0 spiro atoms. The second kappa shape index (κ2) is 10.7. The van der Waals surface area contributed by atoms with Gasteiger partial charge in [0, 0.05) is 19.1 Å². The summed E-state index contributed by atoms with van der Waals surface area (Å²) in [4.78, 5) is 14.0. The Morgan fingerprint density at radius 1 is 1.06 bits per heavy atom. The third-order valence-corrected chi connectivity index (χ3v) is 5.61. The van der Waals surface area contributed by atoms with Gasteiger partial charge in [0.15, 0.2) is 0 Å². The molecule has 1 unspecified atom stereocenters. The number of likely N-dealkylation sites (tertiary alicyclic amines) is 1. The van der Waals surface area contributed by atoms with E-state index in [0.717, 1.165) is 38.2 Å². The molecule has 1 heterocycles. The number of hydrogen-bond donors (Lipinski definition) is 1. The van der Waals surface area contributed by atoms with Crippen LogP contribution in [0.2, 0.25) is 0 Å². The van der Waals surface area contributed by atoms with Crippen LogP contribution in [0.3, 0.4) is 0 Å². The van der Waals surface area contributed by atoms with Gasteiger partial charge in [-0.15, -0.1) is 0 Å². The molecule has 1 fully saturated rings. The quantitative estimate of drug-likeness (QED) is 0.632. The lowest BCUT2D eigenvalue weighted by Crippen LogP contribution is -2.43. The molecule has 2 aromatic carbocycles. The van der Waals surface area contributed by atoms with Crippen molar-refractivity contribution in [2.45, 2.75) is 58.8 Å². The summed E-state index contributed by atoms with van der Waals surface area (Å²) in [5.41, 5.74) is 1.98. The summed E-state index contributed by atoms with van der Waals surface area (Å²) in [6.45, 7) is 11.0. The highest BCUT2D eigenvalue weighted by atomic mass is 16.6. The van der Waals surface area contributed by atoms with Gasteiger partial charge in [-0.2, -0.15) is 0 Å². The maximum Gasteiger partial charge on any atom is 0.410 e. The smallest absolute Gasteiger partial charge is 0.410 e. The Kier molecular flexibility index (Phi) is 7.97. The standard InChI is InChI=1S/C26H36N2O3/c1-20(23-10-12-24(13-11-23)30-19-22-8-6-5-7-9-22)27-18-21-14-16-28(17-15-21)25(29)31-26(2,3)4/h5-13,20-21,27H,14-19H2,1-4H3. The van der Waals surface area contributed by atoms with Gasteiger partial charge >= 0.3 is 6.09 Å². The fraction of sp³-hybridized carbons (Fsp3) is 0.500. The van der Waals surface area contributed by atoms with E-state index in [2.05, 4.69) is 36.5 Å². The van der Waals surface area contributed by atoms with Crippen molar-refractivity contribution in [3.05, 3.63) is 65.7 Å². The number of amides is 1. The Balaban J connectivity index is 1.39.